The highest BCUT2D eigenvalue weighted by Gasteiger charge is 2.22. The van der Waals surface area contributed by atoms with Gasteiger partial charge >= 0.3 is 0 Å². The number of anilines is 1. The molecule has 0 aromatic carbocycles. The van der Waals surface area contributed by atoms with E-state index in [4.69, 9.17) is 0 Å². The molecule has 106 valence electrons. The van der Waals surface area contributed by atoms with Crippen LogP contribution in [0.2, 0.25) is 0 Å². The maximum absolute atomic E-state index is 4.55. The first-order chi connectivity index (χ1) is 9.20. The average Bonchev–Trinajstić information content (AvgIpc) is 2.39. The Kier molecular flexibility index (Phi) is 5.16. The average molecular weight is 262 g/mol. The maximum Gasteiger partial charge on any atom is 0.129 e. The molecule has 2 heterocycles. The highest BCUT2D eigenvalue weighted by atomic mass is 15.3. The molecule has 1 atom stereocenters. The van der Waals surface area contributed by atoms with Crippen molar-refractivity contribution < 1.29 is 0 Å². The van der Waals surface area contributed by atoms with Crippen LogP contribution in [-0.4, -0.2) is 49.2 Å². The van der Waals surface area contributed by atoms with E-state index in [1.54, 1.807) is 0 Å². The molecule has 1 unspecified atom stereocenters. The van der Waals surface area contributed by atoms with E-state index in [1.165, 1.54) is 12.0 Å². The van der Waals surface area contributed by atoms with Crippen molar-refractivity contribution in [3.63, 3.8) is 0 Å². The Morgan fingerprint density at radius 2 is 2.26 bits per heavy atom. The summed E-state index contributed by atoms with van der Waals surface area (Å²) in [6.07, 6.45) is 3.11. The lowest BCUT2D eigenvalue weighted by Crippen LogP contribution is -2.50. The van der Waals surface area contributed by atoms with Crippen molar-refractivity contribution >= 4 is 5.82 Å². The normalized spacial score (nSPS) is 20.8. The Morgan fingerprint density at radius 3 is 3.00 bits per heavy atom. The molecule has 1 aliphatic heterocycles. The zero-order valence-electron chi connectivity index (χ0n) is 12.4. The zero-order chi connectivity index (χ0) is 13.7. The molecule has 1 N–H and O–H groups in total. The molecular formula is C15H26N4. The molecule has 1 aromatic rings. The Hall–Kier alpha value is -1.13. The van der Waals surface area contributed by atoms with Crippen LogP contribution in [0.1, 0.15) is 25.8 Å². The number of likely N-dealkylation sites (N-methyl/N-ethyl adjacent to an activating group) is 1. The van der Waals surface area contributed by atoms with E-state index in [0.717, 1.165) is 38.5 Å². The number of rotatable bonds is 5. The van der Waals surface area contributed by atoms with E-state index in [2.05, 4.69) is 53.1 Å². The molecule has 1 fully saturated rings. The molecule has 4 heteroatoms. The van der Waals surface area contributed by atoms with Crippen LogP contribution in [0, 0.1) is 0 Å². The van der Waals surface area contributed by atoms with Crippen LogP contribution in [0.25, 0.3) is 0 Å². The number of aromatic nitrogens is 1. The van der Waals surface area contributed by atoms with Crippen LogP contribution in [-0.2, 0) is 6.54 Å². The summed E-state index contributed by atoms with van der Waals surface area (Å²) in [5, 5.41) is 3.45. The molecular weight excluding hydrogens is 236 g/mol. The van der Waals surface area contributed by atoms with Crippen LogP contribution in [0.3, 0.4) is 0 Å². The quantitative estimate of drug-likeness (QED) is 0.819. The summed E-state index contributed by atoms with van der Waals surface area (Å²) in [5.41, 5.74) is 1.32. The Balaban J connectivity index is 2.01. The van der Waals surface area contributed by atoms with Crippen LogP contribution < -0.4 is 10.2 Å². The number of nitrogens with one attached hydrogen (secondary N) is 1. The second-order valence-corrected chi connectivity index (χ2v) is 5.50. The van der Waals surface area contributed by atoms with Crippen molar-refractivity contribution in [3.8, 4) is 0 Å². The summed E-state index contributed by atoms with van der Waals surface area (Å²) in [7, 11) is 2.19. The topological polar surface area (TPSA) is 31.4 Å². The van der Waals surface area contributed by atoms with Gasteiger partial charge in [0.15, 0.2) is 0 Å². The van der Waals surface area contributed by atoms with Gasteiger partial charge in [-0.3, -0.25) is 0 Å². The summed E-state index contributed by atoms with van der Waals surface area (Å²) >= 11 is 0. The molecule has 0 saturated carbocycles. The number of hydrogen-bond acceptors (Lipinski definition) is 4. The molecule has 1 aliphatic rings. The van der Waals surface area contributed by atoms with Gasteiger partial charge in [-0.2, -0.15) is 0 Å². The van der Waals surface area contributed by atoms with E-state index in [0.29, 0.717) is 6.04 Å². The molecule has 2 rings (SSSR count). The van der Waals surface area contributed by atoms with Gasteiger partial charge in [0.1, 0.15) is 5.82 Å². The number of piperazine rings is 1. The molecule has 1 saturated heterocycles. The van der Waals surface area contributed by atoms with E-state index in [1.807, 2.05) is 6.20 Å². The van der Waals surface area contributed by atoms with Crippen molar-refractivity contribution in [1.29, 1.82) is 0 Å². The van der Waals surface area contributed by atoms with Crippen molar-refractivity contribution in [2.24, 2.45) is 0 Å². The monoisotopic (exact) mass is 262 g/mol. The smallest absolute Gasteiger partial charge is 0.129 e. The molecule has 0 aliphatic carbocycles. The van der Waals surface area contributed by atoms with Crippen LogP contribution in [0.4, 0.5) is 5.82 Å². The Morgan fingerprint density at radius 1 is 1.42 bits per heavy atom. The van der Waals surface area contributed by atoms with Gasteiger partial charge in [-0.1, -0.05) is 6.92 Å². The van der Waals surface area contributed by atoms with E-state index >= 15 is 0 Å². The Labute approximate surface area is 116 Å². The van der Waals surface area contributed by atoms with Gasteiger partial charge in [0.25, 0.3) is 0 Å². The third-order valence-corrected chi connectivity index (χ3v) is 3.69. The fraction of sp³-hybridized carbons (Fsp3) is 0.667. The van der Waals surface area contributed by atoms with Gasteiger partial charge in [0, 0.05) is 38.4 Å². The predicted octanol–water partition coefficient (Wildman–Crippen LogP) is 1.72. The molecule has 4 nitrogen and oxygen atoms in total. The Bertz CT molecular complexity index is 393. The van der Waals surface area contributed by atoms with Crippen LogP contribution in [0.5, 0.6) is 0 Å². The van der Waals surface area contributed by atoms with Gasteiger partial charge in [0.05, 0.1) is 0 Å². The first-order valence-electron chi connectivity index (χ1n) is 7.31. The van der Waals surface area contributed by atoms with Gasteiger partial charge in [0.2, 0.25) is 0 Å². The molecule has 0 radical (unpaired) electrons. The first kappa shape index (κ1) is 14.3. The lowest BCUT2D eigenvalue weighted by Gasteiger charge is -2.39. The fourth-order valence-corrected chi connectivity index (χ4v) is 2.62. The highest BCUT2D eigenvalue weighted by molar-refractivity contribution is 5.42. The van der Waals surface area contributed by atoms with E-state index in [9.17, 15) is 0 Å². The third kappa shape index (κ3) is 3.91. The fourth-order valence-electron chi connectivity index (χ4n) is 2.62. The number of hydrogen-bond donors (Lipinski definition) is 1. The largest absolute Gasteiger partial charge is 0.351 e. The second kappa shape index (κ2) is 6.87. The van der Waals surface area contributed by atoms with Crippen molar-refractivity contribution in [2.75, 3.05) is 38.1 Å². The van der Waals surface area contributed by atoms with Crippen LogP contribution in [0.15, 0.2) is 18.3 Å². The third-order valence-electron chi connectivity index (χ3n) is 3.69. The maximum atomic E-state index is 4.55. The molecule has 19 heavy (non-hydrogen) atoms. The van der Waals surface area contributed by atoms with E-state index in [-0.39, 0.29) is 0 Å². The standard InChI is InChI=1S/C15H26N4/c1-4-6-16-11-14-5-7-17-15(10-14)19-9-8-18(3)12-13(19)2/h5,7,10,13,16H,4,6,8-9,11-12H2,1-3H3. The summed E-state index contributed by atoms with van der Waals surface area (Å²) in [6.45, 7) is 9.77. The molecule has 1 aromatic heterocycles. The molecule has 0 amide bonds. The van der Waals surface area contributed by atoms with Crippen molar-refractivity contribution in [2.45, 2.75) is 32.9 Å². The molecule has 0 spiro atoms. The van der Waals surface area contributed by atoms with Gasteiger partial charge < -0.3 is 15.1 Å². The minimum atomic E-state index is 0.533. The first-order valence-corrected chi connectivity index (χ1v) is 7.31. The lowest BCUT2D eigenvalue weighted by molar-refractivity contribution is 0.274. The zero-order valence-corrected chi connectivity index (χ0v) is 12.4. The summed E-state index contributed by atoms with van der Waals surface area (Å²) < 4.78 is 0. The predicted molar refractivity (Wildman–Crippen MR) is 80.5 cm³/mol. The lowest BCUT2D eigenvalue weighted by atomic mass is 10.2. The highest BCUT2D eigenvalue weighted by Crippen LogP contribution is 2.18. The minimum Gasteiger partial charge on any atom is -0.351 e. The van der Waals surface area contributed by atoms with Crippen LogP contribution >= 0.6 is 0 Å². The molecule has 0 bridgehead atoms. The van der Waals surface area contributed by atoms with Gasteiger partial charge in [-0.25, -0.2) is 4.98 Å². The number of pyridine rings is 1. The SMILES string of the molecule is CCCNCc1ccnc(N2CCN(C)CC2C)c1. The van der Waals surface area contributed by atoms with Gasteiger partial charge in [-0.15, -0.1) is 0 Å². The van der Waals surface area contributed by atoms with Crippen molar-refractivity contribution in [3.05, 3.63) is 23.9 Å². The minimum absolute atomic E-state index is 0.533. The summed E-state index contributed by atoms with van der Waals surface area (Å²) in [6, 6.07) is 4.86. The van der Waals surface area contributed by atoms with E-state index < -0.39 is 0 Å². The summed E-state index contributed by atoms with van der Waals surface area (Å²) in [5.74, 6) is 1.12. The summed E-state index contributed by atoms with van der Waals surface area (Å²) in [4.78, 5) is 9.35. The van der Waals surface area contributed by atoms with Gasteiger partial charge in [-0.05, 0) is 44.6 Å². The van der Waals surface area contributed by atoms with Crippen molar-refractivity contribution in [1.82, 2.24) is 15.2 Å². The second-order valence-electron chi connectivity index (χ2n) is 5.50. The number of nitrogens with zero attached hydrogens (tertiary/aromatic N) is 3.